The fourth-order valence-corrected chi connectivity index (χ4v) is 2.57. The van der Waals surface area contributed by atoms with Crippen molar-refractivity contribution in [1.82, 2.24) is 14.9 Å². The Kier molecular flexibility index (Phi) is 2.40. The number of aromatic nitrogens is 2. The lowest BCUT2D eigenvalue weighted by Gasteiger charge is -2.23. The molecule has 1 aromatic heterocycles. The standard InChI is InChI=1S/C12H16N4O/c13-8-1-2-10-11(7-8)16(12(17)15-10)9-3-5-14-6-4-9/h1-2,7,9,14H,3-6,13H2,(H,15,17). The minimum Gasteiger partial charge on any atom is -0.399 e. The molecule has 4 N–H and O–H groups in total. The maximum Gasteiger partial charge on any atom is 0.326 e. The summed E-state index contributed by atoms with van der Waals surface area (Å²) in [5, 5.41) is 3.31. The van der Waals surface area contributed by atoms with E-state index in [0.29, 0.717) is 5.69 Å². The van der Waals surface area contributed by atoms with Crippen LogP contribution in [0.5, 0.6) is 0 Å². The van der Waals surface area contributed by atoms with E-state index in [9.17, 15) is 4.79 Å². The number of anilines is 1. The van der Waals surface area contributed by atoms with Gasteiger partial charge >= 0.3 is 5.69 Å². The summed E-state index contributed by atoms with van der Waals surface area (Å²) in [6, 6.07) is 5.82. The van der Waals surface area contributed by atoms with Crippen LogP contribution in [0.1, 0.15) is 18.9 Å². The van der Waals surface area contributed by atoms with Crippen molar-refractivity contribution in [3.05, 3.63) is 28.7 Å². The number of hydrogen-bond donors (Lipinski definition) is 3. The van der Waals surface area contributed by atoms with E-state index in [1.165, 1.54) is 0 Å². The number of rotatable bonds is 1. The maximum absolute atomic E-state index is 12.0. The number of piperidine rings is 1. The number of nitrogens with one attached hydrogen (secondary N) is 2. The molecule has 0 unspecified atom stereocenters. The Bertz CT molecular complexity index is 592. The van der Waals surface area contributed by atoms with Crippen molar-refractivity contribution < 1.29 is 0 Å². The van der Waals surface area contributed by atoms with E-state index < -0.39 is 0 Å². The molecule has 3 rings (SSSR count). The Labute approximate surface area is 98.6 Å². The Morgan fingerprint density at radius 1 is 1.29 bits per heavy atom. The lowest BCUT2D eigenvalue weighted by molar-refractivity contribution is 0.368. The van der Waals surface area contributed by atoms with Gasteiger partial charge in [-0.05, 0) is 44.1 Å². The predicted octanol–water partition coefficient (Wildman–Crippen LogP) is 0.836. The second kappa shape index (κ2) is 3.92. The molecule has 0 atom stereocenters. The molecule has 0 saturated carbocycles. The zero-order valence-corrected chi connectivity index (χ0v) is 9.57. The van der Waals surface area contributed by atoms with Gasteiger partial charge < -0.3 is 16.0 Å². The molecule has 0 aliphatic carbocycles. The van der Waals surface area contributed by atoms with E-state index in [1.807, 2.05) is 22.8 Å². The first kappa shape index (κ1) is 10.4. The first-order valence-electron chi connectivity index (χ1n) is 5.96. The van der Waals surface area contributed by atoms with Gasteiger partial charge in [-0.15, -0.1) is 0 Å². The van der Waals surface area contributed by atoms with E-state index in [2.05, 4.69) is 10.3 Å². The van der Waals surface area contributed by atoms with Crippen molar-refractivity contribution in [2.75, 3.05) is 18.8 Å². The van der Waals surface area contributed by atoms with Crippen LogP contribution in [0.4, 0.5) is 5.69 Å². The molecule has 5 nitrogen and oxygen atoms in total. The summed E-state index contributed by atoms with van der Waals surface area (Å²) in [5.74, 6) is 0. The summed E-state index contributed by atoms with van der Waals surface area (Å²) in [7, 11) is 0. The second-order valence-corrected chi connectivity index (χ2v) is 4.56. The zero-order chi connectivity index (χ0) is 11.8. The molecule has 0 bridgehead atoms. The van der Waals surface area contributed by atoms with E-state index in [1.54, 1.807) is 0 Å². The summed E-state index contributed by atoms with van der Waals surface area (Å²) in [6.45, 7) is 1.93. The largest absolute Gasteiger partial charge is 0.399 e. The monoisotopic (exact) mass is 232 g/mol. The SMILES string of the molecule is Nc1ccc2[nH]c(=O)n(C3CCNCC3)c2c1. The number of aromatic amines is 1. The number of hydrogen-bond acceptors (Lipinski definition) is 3. The zero-order valence-electron chi connectivity index (χ0n) is 9.57. The van der Waals surface area contributed by atoms with Crippen molar-refractivity contribution in [2.45, 2.75) is 18.9 Å². The van der Waals surface area contributed by atoms with Crippen LogP contribution in [0.3, 0.4) is 0 Å². The highest BCUT2D eigenvalue weighted by atomic mass is 16.1. The first-order valence-corrected chi connectivity index (χ1v) is 5.96. The third kappa shape index (κ3) is 1.72. The lowest BCUT2D eigenvalue weighted by Crippen LogP contribution is -2.33. The van der Waals surface area contributed by atoms with Crippen LogP contribution >= 0.6 is 0 Å². The number of nitrogens with zero attached hydrogens (tertiary/aromatic N) is 1. The summed E-state index contributed by atoms with van der Waals surface area (Å²) in [4.78, 5) is 14.9. The summed E-state index contributed by atoms with van der Waals surface area (Å²) in [5.41, 5.74) is 8.24. The molecule has 1 aromatic carbocycles. The van der Waals surface area contributed by atoms with Crippen LogP contribution in [0.15, 0.2) is 23.0 Å². The van der Waals surface area contributed by atoms with Gasteiger partial charge in [0.1, 0.15) is 0 Å². The quantitative estimate of drug-likeness (QED) is 0.638. The number of H-pyrrole nitrogens is 1. The molecule has 90 valence electrons. The van der Waals surface area contributed by atoms with Gasteiger partial charge in [-0.2, -0.15) is 0 Å². The highest BCUT2D eigenvalue weighted by molar-refractivity contribution is 5.79. The molecule has 0 spiro atoms. The van der Waals surface area contributed by atoms with Gasteiger partial charge in [0.2, 0.25) is 0 Å². The molecule has 1 fully saturated rings. The highest BCUT2D eigenvalue weighted by Gasteiger charge is 2.19. The Morgan fingerprint density at radius 2 is 2.06 bits per heavy atom. The van der Waals surface area contributed by atoms with Crippen molar-refractivity contribution >= 4 is 16.7 Å². The summed E-state index contributed by atoms with van der Waals surface area (Å²) >= 11 is 0. The highest BCUT2D eigenvalue weighted by Crippen LogP contribution is 2.23. The van der Waals surface area contributed by atoms with Crippen LogP contribution < -0.4 is 16.7 Å². The van der Waals surface area contributed by atoms with Gasteiger partial charge in [0.15, 0.2) is 0 Å². The number of imidazole rings is 1. The van der Waals surface area contributed by atoms with Gasteiger partial charge in [-0.25, -0.2) is 4.79 Å². The average Bonchev–Trinajstić information content (AvgIpc) is 2.65. The van der Waals surface area contributed by atoms with E-state index in [0.717, 1.165) is 37.0 Å². The normalized spacial score (nSPS) is 17.6. The van der Waals surface area contributed by atoms with E-state index in [4.69, 9.17) is 5.73 Å². The number of fused-ring (bicyclic) bond motifs is 1. The van der Waals surface area contributed by atoms with Gasteiger partial charge in [0, 0.05) is 11.7 Å². The van der Waals surface area contributed by atoms with Crippen molar-refractivity contribution in [3.8, 4) is 0 Å². The first-order chi connectivity index (χ1) is 8.25. The topological polar surface area (TPSA) is 75.8 Å². The fourth-order valence-electron chi connectivity index (χ4n) is 2.57. The second-order valence-electron chi connectivity index (χ2n) is 4.56. The van der Waals surface area contributed by atoms with Crippen LogP contribution in [-0.2, 0) is 0 Å². The Hall–Kier alpha value is -1.75. The van der Waals surface area contributed by atoms with Gasteiger partial charge in [-0.1, -0.05) is 0 Å². The summed E-state index contributed by atoms with van der Waals surface area (Å²) < 4.78 is 1.85. The lowest BCUT2D eigenvalue weighted by atomic mass is 10.1. The Balaban J connectivity index is 2.16. The molecule has 1 aliphatic rings. The van der Waals surface area contributed by atoms with Gasteiger partial charge in [0.05, 0.1) is 11.0 Å². The van der Waals surface area contributed by atoms with Gasteiger partial charge in [0.25, 0.3) is 0 Å². The molecular weight excluding hydrogens is 216 g/mol. The Morgan fingerprint density at radius 3 is 2.82 bits per heavy atom. The smallest absolute Gasteiger partial charge is 0.326 e. The van der Waals surface area contributed by atoms with Crippen LogP contribution in [0.25, 0.3) is 11.0 Å². The number of benzene rings is 1. The van der Waals surface area contributed by atoms with Gasteiger partial charge in [-0.3, -0.25) is 4.57 Å². The number of nitrogen functional groups attached to an aromatic ring is 1. The summed E-state index contributed by atoms with van der Waals surface area (Å²) in [6.07, 6.45) is 1.98. The molecule has 1 saturated heterocycles. The molecule has 0 amide bonds. The maximum atomic E-state index is 12.0. The number of nitrogens with two attached hydrogens (primary N) is 1. The third-order valence-corrected chi connectivity index (χ3v) is 3.42. The molecular formula is C12H16N4O. The van der Waals surface area contributed by atoms with Crippen molar-refractivity contribution in [2.24, 2.45) is 0 Å². The third-order valence-electron chi connectivity index (χ3n) is 3.42. The van der Waals surface area contributed by atoms with E-state index in [-0.39, 0.29) is 11.7 Å². The molecule has 17 heavy (non-hydrogen) atoms. The molecule has 5 heteroatoms. The van der Waals surface area contributed by atoms with Crippen LogP contribution in [-0.4, -0.2) is 22.6 Å². The predicted molar refractivity (Wildman–Crippen MR) is 68.1 cm³/mol. The molecule has 2 aromatic rings. The molecule has 2 heterocycles. The minimum absolute atomic E-state index is 0.0301. The average molecular weight is 232 g/mol. The van der Waals surface area contributed by atoms with Crippen molar-refractivity contribution in [1.29, 1.82) is 0 Å². The fraction of sp³-hybridized carbons (Fsp3) is 0.417. The van der Waals surface area contributed by atoms with Crippen LogP contribution in [0, 0.1) is 0 Å². The molecule has 0 radical (unpaired) electrons. The van der Waals surface area contributed by atoms with Crippen molar-refractivity contribution in [3.63, 3.8) is 0 Å². The minimum atomic E-state index is -0.0301. The van der Waals surface area contributed by atoms with E-state index >= 15 is 0 Å². The molecule has 1 aliphatic heterocycles. The van der Waals surface area contributed by atoms with Crippen LogP contribution in [0.2, 0.25) is 0 Å².